The fourth-order valence-corrected chi connectivity index (χ4v) is 6.94. The van der Waals surface area contributed by atoms with Crippen molar-refractivity contribution in [2.75, 3.05) is 5.32 Å². The maximum absolute atomic E-state index is 13.0. The average molecular weight is 391 g/mol. The SMILES string of the molecule is CC[C@@H]1CCc2c(sc(NC(=O)[C@@H]3[C@@H]4CC[C@@H](C4)[C@@H]3C(=O)O)c2C(N)=O)C1. The van der Waals surface area contributed by atoms with Crippen LogP contribution in [0.1, 0.15) is 59.8 Å². The van der Waals surface area contributed by atoms with Crippen molar-refractivity contribution in [3.05, 3.63) is 16.0 Å². The zero-order chi connectivity index (χ0) is 19.3. The number of hydrogen-bond acceptors (Lipinski definition) is 4. The number of thiophene rings is 1. The van der Waals surface area contributed by atoms with Gasteiger partial charge in [0.2, 0.25) is 5.91 Å². The minimum absolute atomic E-state index is 0.0979. The Morgan fingerprint density at radius 2 is 1.89 bits per heavy atom. The van der Waals surface area contributed by atoms with Crippen molar-refractivity contribution in [2.24, 2.45) is 35.3 Å². The van der Waals surface area contributed by atoms with Crippen molar-refractivity contribution >= 4 is 34.1 Å². The highest BCUT2D eigenvalue weighted by molar-refractivity contribution is 7.17. The fraction of sp³-hybridized carbons (Fsp3) is 0.650. The van der Waals surface area contributed by atoms with Crippen LogP contribution in [0.15, 0.2) is 0 Å². The maximum atomic E-state index is 13.0. The molecule has 6 nitrogen and oxygen atoms in total. The van der Waals surface area contributed by atoms with Crippen molar-refractivity contribution in [3.63, 3.8) is 0 Å². The van der Waals surface area contributed by atoms with E-state index in [4.69, 9.17) is 5.73 Å². The molecule has 0 aliphatic heterocycles. The van der Waals surface area contributed by atoms with Crippen LogP contribution in [0, 0.1) is 29.6 Å². The molecule has 27 heavy (non-hydrogen) atoms. The lowest BCUT2D eigenvalue weighted by molar-refractivity contribution is -0.148. The molecule has 1 heterocycles. The molecule has 0 aromatic carbocycles. The summed E-state index contributed by atoms with van der Waals surface area (Å²) in [5.74, 6) is -1.95. The first-order valence-electron chi connectivity index (χ1n) is 9.88. The smallest absolute Gasteiger partial charge is 0.307 e. The summed E-state index contributed by atoms with van der Waals surface area (Å²) in [6, 6.07) is 0. The Hall–Kier alpha value is -1.89. The van der Waals surface area contributed by atoms with Crippen molar-refractivity contribution < 1.29 is 19.5 Å². The van der Waals surface area contributed by atoms with Crippen molar-refractivity contribution in [1.29, 1.82) is 0 Å². The van der Waals surface area contributed by atoms with E-state index in [0.717, 1.165) is 55.4 Å². The Bertz CT molecular complexity index is 802. The third kappa shape index (κ3) is 3.06. The van der Waals surface area contributed by atoms with Gasteiger partial charge in [0.15, 0.2) is 0 Å². The molecular weight excluding hydrogens is 364 g/mol. The van der Waals surface area contributed by atoms with E-state index in [9.17, 15) is 19.5 Å². The third-order valence-corrected chi connectivity index (χ3v) is 8.10. The van der Waals surface area contributed by atoms with Crippen LogP contribution in [0.4, 0.5) is 5.00 Å². The molecule has 0 saturated heterocycles. The minimum atomic E-state index is -0.881. The van der Waals surface area contributed by atoms with Crippen LogP contribution in [-0.4, -0.2) is 22.9 Å². The molecule has 2 fully saturated rings. The lowest BCUT2D eigenvalue weighted by atomic mass is 9.78. The van der Waals surface area contributed by atoms with Gasteiger partial charge in [-0.1, -0.05) is 13.3 Å². The number of rotatable bonds is 5. The number of fused-ring (bicyclic) bond motifs is 3. The number of aliphatic carboxylic acids is 1. The van der Waals surface area contributed by atoms with E-state index in [0.29, 0.717) is 16.5 Å². The maximum Gasteiger partial charge on any atom is 0.307 e. The summed E-state index contributed by atoms with van der Waals surface area (Å²) in [4.78, 5) is 37.9. The van der Waals surface area contributed by atoms with E-state index < -0.39 is 23.7 Å². The van der Waals surface area contributed by atoms with Gasteiger partial charge in [0.05, 0.1) is 17.4 Å². The van der Waals surface area contributed by atoms with Gasteiger partial charge in [0, 0.05) is 4.88 Å². The van der Waals surface area contributed by atoms with Gasteiger partial charge >= 0.3 is 5.97 Å². The van der Waals surface area contributed by atoms with Gasteiger partial charge < -0.3 is 16.2 Å². The second kappa shape index (κ2) is 6.93. The lowest BCUT2D eigenvalue weighted by Gasteiger charge is -2.26. The molecule has 0 radical (unpaired) electrons. The molecule has 2 bridgehead atoms. The summed E-state index contributed by atoms with van der Waals surface area (Å²) in [5, 5.41) is 13.0. The minimum Gasteiger partial charge on any atom is -0.481 e. The molecule has 7 heteroatoms. The summed E-state index contributed by atoms with van der Waals surface area (Å²) >= 11 is 1.45. The van der Waals surface area contributed by atoms with Crippen molar-refractivity contribution in [1.82, 2.24) is 0 Å². The summed E-state index contributed by atoms with van der Waals surface area (Å²) in [6.45, 7) is 2.17. The largest absolute Gasteiger partial charge is 0.481 e. The van der Waals surface area contributed by atoms with E-state index in [1.807, 2.05) is 0 Å². The van der Waals surface area contributed by atoms with Gasteiger partial charge in [-0.2, -0.15) is 0 Å². The van der Waals surface area contributed by atoms with Gasteiger partial charge in [-0.15, -0.1) is 11.3 Å². The van der Waals surface area contributed by atoms with Crippen LogP contribution in [-0.2, 0) is 22.4 Å². The molecular formula is C20H26N2O4S. The normalized spacial score (nSPS) is 31.5. The number of primary amides is 1. The van der Waals surface area contributed by atoms with E-state index in [1.165, 1.54) is 11.3 Å². The Kier molecular flexibility index (Phi) is 4.74. The van der Waals surface area contributed by atoms with Gasteiger partial charge in [0.25, 0.3) is 5.91 Å². The highest BCUT2D eigenvalue weighted by atomic mass is 32.1. The van der Waals surface area contributed by atoms with Crippen molar-refractivity contribution in [2.45, 2.75) is 51.9 Å². The standard InChI is InChI=1S/C20H26N2O4S/c1-2-9-3-6-12-13(7-9)27-19(16(12)17(21)23)22-18(24)14-10-4-5-11(8-10)15(14)20(25)26/h9-11,14-15H,2-8H2,1H3,(H2,21,23)(H,22,24)(H,25,26)/t9-,10-,11+,14-,15+/m1/s1. The number of nitrogens with two attached hydrogens (primary N) is 1. The zero-order valence-corrected chi connectivity index (χ0v) is 16.3. The van der Waals surface area contributed by atoms with E-state index in [1.54, 1.807) is 0 Å². The summed E-state index contributed by atoms with van der Waals surface area (Å²) < 4.78 is 0. The molecule has 3 aliphatic rings. The number of hydrogen-bond donors (Lipinski definition) is 3. The molecule has 1 aromatic rings. The van der Waals surface area contributed by atoms with E-state index >= 15 is 0 Å². The number of amides is 2. The first-order chi connectivity index (χ1) is 12.9. The van der Waals surface area contributed by atoms with Gasteiger partial charge in [0.1, 0.15) is 5.00 Å². The molecule has 0 unspecified atom stereocenters. The molecule has 2 saturated carbocycles. The molecule has 0 spiro atoms. The van der Waals surface area contributed by atoms with E-state index in [-0.39, 0.29) is 17.7 Å². The van der Waals surface area contributed by atoms with Crippen molar-refractivity contribution in [3.8, 4) is 0 Å². The quantitative estimate of drug-likeness (QED) is 0.718. The number of carbonyl (C=O) groups is 3. The molecule has 146 valence electrons. The predicted molar refractivity (Wildman–Crippen MR) is 103 cm³/mol. The second-order valence-electron chi connectivity index (χ2n) is 8.30. The lowest BCUT2D eigenvalue weighted by Crippen LogP contribution is -2.38. The monoisotopic (exact) mass is 390 g/mol. The Balaban J connectivity index is 1.61. The summed E-state index contributed by atoms with van der Waals surface area (Å²) in [7, 11) is 0. The van der Waals surface area contributed by atoms with Crippen LogP contribution >= 0.6 is 11.3 Å². The fourth-order valence-electron chi connectivity index (χ4n) is 5.57. The van der Waals surface area contributed by atoms with Crippen LogP contribution in [0.2, 0.25) is 0 Å². The molecule has 3 aliphatic carbocycles. The molecule has 1 aromatic heterocycles. The van der Waals surface area contributed by atoms with Crippen LogP contribution < -0.4 is 11.1 Å². The molecule has 4 N–H and O–H groups in total. The van der Waals surface area contributed by atoms with Crippen LogP contribution in [0.5, 0.6) is 0 Å². The summed E-state index contributed by atoms with van der Waals surface area (Å²) in [5.41, 5.74) is 7.06. The Morgan fingerprint density at radius 3 is 2.52 bits per heavy atom. The second-order valence-corrected chi connectivity index (χ2v) is 9.41. The number of carboxylic acids is 1. The predicted octanol–water partition coefficient (Wildman–Crippen LogP) is 3.05. The van der Waals surface area contributed by atoms with Gasteiger partial charge in [-0.3, -0.25) is 14.4 Å². The number of carboxylic acid groups (broad SMARTS) is 1. The molecule has 5 atom stereocenters. The molecule has 2 amide bonds. The molecule has 4 rings (SSSR count). The number of nitrogens with one attached hydrogen (secondary N) is 1. The van der Waals surface area contributed by atoms with Crippen LogP contribution in [0.3, 0.4) is 0 Å². The number of carbonyl (C=O) groups excluding carboxylic acids is 2. The summed E-state index contributed by atoms with van der Waals surface area (Å²) in [6.07, 6.45) is 6.47. The van der Waals surface area contributed by atoms with Gasteiger partial charge in [-0.25, -0.2) is 0 Å². The first-order valence-corrected chi connectivity index (χ1v) is 10.7. The third-order valence-electron chi connectivity index (χ3n) is 6.93. The average Bonchev–Trinajstić information content (AvgIpc) is 3.32. The number of anilines is 1. The first kappa shape index (κ1) is 18.5. The Morgan fingerprint density at radius 1 is 1.19 bits per heavy atom. The van der Waals surface area contributed by atoms with E-state index in [2.05, 4.69) is 12.2 Å². The highest BCUT2D eigenvalue weighted by Gasteiger charge is 2.54. The Labute approximate surface area is 162 Å². The topological polar surface area (TPSA) is 109 Å². The zero-order valence-electron chi connectivity index (χ0n) is 15.5. The van der Waals surface area contributed by atoms with Crippen LogP contribution in [0.25, 0.3) is 0 Å². The van der Waals surface area contributed by atoms with Gasteiger partial charge in [-0.05, 0) is 61.8 Å². The highest BCUT2D eigenvalue weighted by Crippen LogP contribution is 2.53.